The van der Waals surface area contributed by atoms with Crippen LogP contribution in [0.2, 0.25) is 0 Å². The number of nitrogens with one attached hydrogen (secondary N) is 1. The average Bonchev–Trinajstić information content (AvgIpc) is 2.30. The molecule has 6 heteroatoms. The molecule has 0 heterocycles. The molecular weight excluding hydrogens is 237 g/mol. The number of carbonyl (C=O) groups excluding carboxylic acids is 1. The second kappa shape index (κ2) is 5.48. The maximum absolute atomic E-state index is 13.3. The largest absolute Gasteiger partial charge is 0.409 e. The van der Waals surface area contributed by atoms with Gasteiger partial charge in [0.15, 0.2) is 5.84 Å². The van der Waals surface area contributed by atoms with Gasteiger partial charge < -0.3 is 16.3 Å². The lowest BCUT2D eigenvalue weighted by Gasteiger charge is -2.24. The molecule has 18 heavy (non-hydrogen) atoms. The lowest BCUT2D eigenvalue weighted by Crippen LogP contribution is -2.53. The molecule has 0 radical (unpaired) electrons. The van der Waals surface area contributed by atoms with E-state index in [0.29, 0.717) is 5.56 Å². The number of rotatable bonds is 4. The molecule has 0 atom stereocenters. The zero-order valence-electron chi connectivity index (χ0n) is 10.3. The summed E-state index contributed by atoms with van der Waals surface area (Å²) in [5.41, 5.74) is 4.74. The van der Waals surface area contributed by atoms with Crippen LogP contribution in [0.3, 0.4) is 0 Å². The van der Waals surface area contributed by atoms with Gasteiger partial charge in [-0.15, -0.1) is 0 Å². The minimum atomic E-state index is -0.989. The summed E-state index contributed by atoms with van der Waals surface area (Å²) in [6, 6.07) is 6.03. The predicted molar refractivity (Wildman–Crippen MR) is 65.7 cm³/mol. The third-order valence-electron chi connectivity index (χ3n) is 2.51. The minimum Gasteiger partial charge on any atom is -0.409 e. The normalized spacial score (nSPS) is 12.3. The van der Waals surface area contributed by atoms with Crippen molar-refractivity contribution in [2.75, 3.05) is 0 Å². The molecule has 1 aromatic carbocycles. The summed E-state index contributed by atoms with van der Waals surface area (Å²) in [5.74, 6) is -0.963. The molecule has 0 bridgehead atoms. The summed E-state index contributed by atoms with van der Waals surface area (Å²) in [7, 11) is 0. The number of halogens is 1. The summed E-state index contributed by atoms with van der Waals surface area (Å²) in [6.45, 7) is 3.17. The van der Waals surface area contributed by atoms with Gasteiger partial charge in [0.1, 0.15) is 5.82 Å². The smallest absolute Gasteiger partial charge is 0.225 e. The summed E-state index contributed by atoms with van der Waals surface area (Å²) in [6.07, 6.45) is -0.102. The first-order chi connectivity index (χ1) is 8.36. The van der Waals surface area contributed by atoms with Crippen molar-refractivity contribution in [2.24, 2.45) is 10.9 Å². The van der Waals surface area contributed by atoms with Crippen LogP contribution in [-0.2, 0) is 11.2 Å². The van der Waals surface area contributed by atoms with Crippen molar-refractivity contribution in [3.8, 4) is 0 Å². The first-order valence-electron chi connectivity index (χ1n) is 5.39. The molecule has 0 aliphatic heterocycles. The average molecular weight is 253 g/mol. The second-order valence-electron chi connectivity index (χ2n) is 4.43. The van der Waals surface area contributed by atoms with Gasteiger partial charge in [-0.05, 0) is 25.5 Å². The van der Waals surface area contributed by atoms with Crippen molar-refractivity contribution in [3.63, 3.8) is 0 Å². The second-order valence-corrected chi connectivity index (χ2v) is 4.43. The lowest BCUT2D eigenvalue weighted by atomic mass is 10.0. The lowest BCUT2D eigenvalue weighted by molar-refractivity contribution is -0.121. The van der Waals surface area contributed by atoms with Gasteiger partial charge in [-0.1, -0.05) is 23.4 Å². The highest BCUT2D eigenvalue weighted by Gasteiger charge is 2.25. The fraction of sp³-hybridized carbons (Fsp3) is 0.333. The summed E-state index contributed by atoms with van der Waals surface area (Å²) < 4.78 is 13.3. The molecule has 0 spiro atoms. The van der Waals surface area contributed by atoms with Crippen LogP contribution in [0.4, 0.5) is 4.39 Å². The standard InChI is InChI=1S/C12H16FN3O2/c1-12(2,11(14)16-18)15-10(17)7-8-5-3-4-6-9(8)13/h3-6,18H,7H2,1-2H3,(H2,14,16)(H,15,17). The van der Waals surface area contributed by atoms with E-state index < -0.39 is 17.3 Å². The maximum atomic E-state index is 13.3. The van der Waals surface area contributed by atoms with Gasteiger partial charge in [0.05, 0.1) is 12.0 Å². The molecule has 98 valence electrons. The Labute approximate surface area is 104 Å². The van der Waals surface area contributed by atoms with E-state index in [9.17, 15) is 9.18 Å². The van der Waals surface area contributed by atoms with Crippen molar-refractivity contribution in [1.82, 2.24) is 5.32 Å². The fourth-order valence-electron chi connectivity index (χ4n) is 1.40. The quantitative estimate of drug-likeness (QED) is 0.324. The van der Waals surface area contributed by atoms with Crippen LogP contribution in [0.5, 0.6) is 0 Å². The van der Waals surface area contributed by atoms with Crippen LogP contribution in [0.25, 0.3) is 0 Å². The first-order valence-corrected chi connectivity index (χ1v) is 5.39. The van der Waals surface area contributed by atoms with Crippen LogP contribution in [0, 0.1) is 5.82 Å². The zero-order valence-corrected chi connectivity index (χ0v) is 10.3. The van der Waals surface area contributed by atoms with Crippen LogP contribution in [0.15, 0.2) is 29.4 Å². The Bertz CT molecular complexity index is 472. The molecule has 0 aromatic heterocycles. The van der Waals surface area contributed by atoms with E-state index in [-0.39, 0.29) is 12.3 Å². The molecular formula is C12H16FN3O2. The van der Waals surface area contributed by atoms with Gasteiger partial charge in [-0.3, -0.25) is 4.79 Å². The Kier molecular flexibility index (Phi) is 4.25. The van der Waals surface area contributed by atoms with E-state index in [0.717, 1.165) is 0 Å². The molecule has 0 unspecified atom stereocenters. The topological polar surface area (TPSA) is 87.7 Å². The number of hydrogen-bond acceptors (Lipinski definition) is 3. The predicted octanol–water partition coefficient (Wildman–Crippen LogP) is 1.01. The molecule has 0 saturated heterocycles. The Morgan fingerprint density at radius 2 is 2.11 bits per heavy atom. The summed E-state index contributed by atoms with van der Waals surface area (Å²) >= 11 is 0. The number of carbonyl (C=O) groups is 1. The molecule has 0 aliphatic rings. The summed E-state index contributed by atoms with van der Waals surface area (Å²) in [4.78, 5) is 11.7. The van der Waals surface area contributed by atoms with E-state index in [1.165, 1.54) is 12.1 Å². The van der Waals surface area contributed by atoms with Gasteiger partial charge in [-0.25, -0.2) is 4.39 Å². The van der Waals surface area contributed by atoms with E-state index in [1.807, 2.05) is 0 Å². The first kappa shape index (κ1) is 14.0. The van der Waals surface area contributed by atoms with E-state index in [4.69, 9.17) is 10.9 Å². The Balaban J connectivity index is 2.71. The van der Waals surface area contributed by atoms with Gasteiger partial charge in [-0.2, -0.15) is 0 Å². The molecule has 1 rings (SSSR count). The Morgan fingerprint density at radius 1 is 1.50 bits per heavy atom. The van der Waals surface area contributed by atoms with Gasteiger partial charge >= 0.3 is 0 Å². The van der Waals surface area contributed by atoms with Crippen molar-refractivity contribution in [2.45, 2.75) is 25.8 Å². The van der Waals surface area contributed by atoms with Gasteiger partial charge in [0, 0.05) is 0 Å². The number of benzene rings is 1. The van der Waals surface area contributed by atoms with E-state index in [1.54, 1.807) is 26.0 Å². The highest BCUT2D eigenvalue weighted by atomic mass is 19.1. The number of oxime groups is 1. The van der Waals surface area contributed by atoms with Gasteiger partial charge in [0.2, 0.25) is 5.91 Å². The number of nitrogens with two attached hydrogens (primary N) is 1. The zero-order chi connectivity index (χ0) is 13.8. The third-order valence-corrected chi connectivity index (χ3v) is 2.51. The van der Waals surface area contributed by atoms with Crippen LogP contribution in [0.1, 0.15) is 19.4 Å². The monoisotopic (exact) mass is 253 g/mol. The molecule has 1 aromatic rings. The van der Waals surface area contributed by atoms with Gasteiger partial charge in [0.25, 0.3) is 0 Å². The Morgan fingerprint density at radius 3 is 2.67 bits per heavy atom. The summed E-state index contributed by atoms with van der Waals surface area (Å²) in [5, 5.41) is 14.0. The molecule has 0 aliphatic carbocycles. The van der Waals surface area contributed by atoms with Crippen molar-refractivity contribution < 1.29 is 14.4 Å². The van der Waals surface area contributed by atoms with Crippen LogP contribution < -0.4 is 11.1 Å². The molecule has 0 fully saturated rings. The van der Waals surface area contributed by atoms with E-state index >= 15 is 0 Å². The Hall–Kier alpha value is -2.11. The highest BCUT2D eigenvalue weighted by molar-refractivity contribution is 5.93. The molecule has 4 N–H and O–H groups in total. The SMILES string of the molecule is CC(C)(NC(=O)Cc1ccccc1F)/C(N)=N/O. The van der Waals surface area contributed by atoms with Crippen molar-refractivity contribution in [1.29, 1.82) is 0 Å². The fourth-order valence-corrected chi connectivity index (χ4v) is 1.40. The van der Waals surface area contributed by atoms with Crippen molar-refractivity contribution in [3.05, 3.63) is 35.6 Å². The van der Waals surface area contributed by atoms with Crippen LogP contribution in [-0.4, -0.2) is 22.5 Å². The minimum absolute atomic E-state index is 0.102. The van der Waals surface area contributed by atoms with E-state index in [2.05, 4.69) is 10.5 Å². The molecule has 1 amide bonds. The number of nitrogens with zero attached hydrogens (tertiary/aromatic N) is 1. The number of hydrogen-bond donors (Lipinski definition) is 3. The number of amides is 1. The van der Waals surface area contributed by atoms with Crippen molar-refractivity contribution >= 4 is 11.7 Å². The highest BCUT2D eigenvalue weighted by Crippen LogP contribution is 2.08. The molecule has 5 nitrogen and oxygen atoms in total. The maximum Gasteiger partial charge on any atom is 0.225 e. The third kappa shape index (κ3) is 3.44. The number of amidine groups is 1. The van der Waals surface area contributed by atoms with Crippen LogP contribution >= 0.6 is 0 Å². The molecule has 0 saturated carbocycles.